The Morgan fingerprint density at radius 2 is 1.81 bits per heavy atom. The largest absolute Gasteiger partial charge is 0.355 e. The van der Waals surface area contributed by atoms with Crippen LogP contribution < -0.4 is 16.2 Å². The van der Waals surface area contributed by atoms with Crippen molar-refractivity contribution in [2.75, 3.05) is 18.9 Å². The Bertz CT molecular complexity index is 1720. The number of nitrogens with zero attached hydrogens (tertiary/aromatic N) is 6. The summed E-state index contributed by atoms with van der Waals surface area (Å²) < 4.78 is 3.35. The Labute approximate surface area is 252 Å². The minimum absolute atomic E-state index is 0.0535. The Morgan fingerprint density at radius 3 is 2.45 bits per heavy atom. The summed E-state index contributed by atoms with van der Waals surface area (Å²) >= 11 is 12.2. The van der Waals surface area contributed by atoms with Crippen molar-refractivity contribution in [3.63, 3.8) is 0 Å². The molecule has 0 spiro atoms. The minimum Gasteiger partial charge on any atom is -0.355 e. The van der Waals surface area contributed by atoms with E-state index in [1.807, 2.05) is 25.5 Å². The molecule has 2 atom stereocenters. The molecule has 0 fully saturated rings. The van der Waals surface area contributed by atoms with Gasteiger partial charge in [-0.05, 0) is 55.8 Å². The van der Waals surface area contributed by atoms with Crippen LogP contribution in [0.4, 0.5) is 5.95 Å². The molecule has 0 saturated heterocycles. The number of anilines is 1. The standard InChI is InChI=1S/C29H30Cl2N8O3/c1-16(25-36-34-15-37(25)4)13-33-29-35-24-14-38(27(41)19-7-10-22(30)23(31)12-19)17(2)11-21(24)28(42)39(29)20-8-5-18(6-9-20)26(40)32-3/h5-10,12,15-17H,11,13-14H2,1-4H3,(H,32,40)(H,33,35)/t16?,17-/m1/s1. The summed E-state index contributed by atoms with van der Waals surface area (Å²) in [7, 11) is 3.43. The number of hydrogen-bond acceptors (Lipinski definition) is 7. The second-order valence-corrected chi connectivity index (χ2v) is 11.1. The third-order valence-corrected chi connectivity index (χ3v) is 8.15. The molecule has 1 unspecified atom stereocenters. The highest BCUT2D eigenvalue weighted by Crippen LogP contribution is 2.28. The van der Waals surface area contributed by atoms with Crippen LogP contribution in [-0.2, 0) is 20.0 Å². The highest BCUT2D eigenvalue weighted by Gasteiger charge is 2.32. The SMILES string of the molecule is CNC(=O)c1ccc(-n2c(NCC(C)c3nncn3C)nc3c(c2=O)C[C@@H](C)N(C(=O)c2ccc(Cl)c(Cl)c2)C3)cc1. The van der Waals surface area contributed by atoms with Crippen LogP contribution in [0.2, 0.25) is 10.0 Å². The van der Waals surface area contributed by atoms with E-state index in [9.17, 15) is 14.4 Å². The molecule has 1 aliphatic heterocycles. The fraction of sp³-hybridized carbons (Fsp3) is 0.310. The fourth-order valence-corrected chi connectivity index (χ4v) is 5.36. The van der Waals surface area contributed by atoms with Crippen LogP contribution in [0.3, 0.4) is 0 Å². The van der Waals surface area contributed by atoms with E-state index in [1.54, 1.807) is 60.7 Å². The van der Waals surface area contributed by atoms with E-state index in [2.05, 4.69) is 20.8 Å². The van der Waals surface area contributed by atoms with Crippen LogP contribution in [0.1, 0.15) is 57.6 Å². The lowest BCUT2D eigenvalue weighted by Crippen LogP contribution is -2.46. The van der Waals surface area contributed by atoms with Crippen molar-refractivity contribution in [3.8, 4) is 5.69 Å². The Morgan fingerprint density at radius 1 is 1.10 bits per heavy atom. The third-order valence-electron chi connectivity index (χ3n) is 7.41. The number of amides is 2. The summed E-state index contributed by atoms with van der Waals surface area (Å²) in [5.41, 5.74) is 2.23. The number of benzene rings is 2. The molecule has 42 heavy (non-hydrogen) atoms. The number of nitrogens with one attached hydrogen (secondary N) is 2. The van der Waals surface area contributed by atoms with E-state index in [0.29, 0.717) is 57.0 Å². The zero-order valence-electron chi connectivity index (χ0n) is 23.6. The molecule has 4 aromatic rings. The molecule has 11 nitrogen and oxygen atoms in total. The van der Waals surface area contributed by atoms with E-state index in [-0.39, 0.29) is 35.9 Å². The topological polar surface area (TPSA) is 127 Å². The quantitative estimate of drug-likeness (QED) is 0.326. The maximum atomic E-state index is 14.1. The van der Waals surface area contributed by atoms with E-state index in [4.69, 9.17) is 28.2 Å². The van der Waals surface area contributed by atoms with Gasteiger partial charge in [-0.25, -0.2) is 9.55 Å². The molecule has 13 heteroatoms. The van der Waals surface area contributed by atoms with Crippen molar-refractivity contribution in [2.45, 2.75) is 38.8 Å². The summed E-state index contributed by atoms with van der Waals surface area (Å²) in [6, 6.07) is 11.2. The molecule has 2 aromatic carbocycles. The zero-order chi connectivity index (χ0) is 30.1. The fourth-order valence-electron chi connectivity index (χ4n) is 5.06. The molecule has 2 amide bonds. The number of rotatable bonds is 7. The van der Waals surface area contributed by atoms with Gasteiger partial charge in [0.15, 0.2) is 0 Å². The highest BCUT2D eigenvalue weighted by molar-refractivity contribution is 6.42. The second-order valence-electron chi connectivity index (χ2n) is 10.3. The average Bonchev–Trinajstić information content (AvgIpc) is 3.42. The predicted octanol–water partition coefficient (Wildman–Crippen LogP) is 3.83. The number of hydrogen-bond donors (Lipinski definition) is 2. The monoisotopic (exact) mass is 608 g/mol. The highest BCUT2D eigenvalue weighted by atomic mass is 35.5. The summed E-state index contributed by atoms with van der Waals surface area (Å²) in [5.74, 6) is 0.581. The maximum Gasteiger partial charge on any atom is 0.263 e. The lowest BCUT2D eigenvalue weighted by atomic mass is 9.98. The molecule has 2 aromatic heterocycles. The van der Waals surface area contributed by atoms with Gasteiger partial charge >= 0.3 is 0 Å². The first-order valence-corrected chi connectivity index (χ1v) is 14.2. The molecule has 1 aliphatic rings. The van der Waals surface area contributed by atoms with Gasteiger partial charge in [0.25, 0.3) is 17.4 Å². The summed E-state index contributed by atoms with van der Waals surface area (Å²) in [5, 5.41) is 14.7. The summed E-state index contributed by atoms with van der Waals surface area (Å²) in [4.78, 5) is 46.2. The van der Waals surface area contributed by atoms with E-state index in [1.165, 1.54) is 4.57 Å². The van der Waals surface area contributed by atoms with E-state index >= 15 is 0 Å². The summed E-state index contributed by atoms with van der Waals surface area (Å²) in [6.45, 7) is 4.45. The molecule has 2 N–H and O–H groups in total. The molecule has 0 radical (unpaired) electrons. The first kappa shape index (κ1) is 29.3. The van der Waals surface area contributed by atoms with Gasteiger partial charge in [0.1, 0.15) is 12.2 Å². The molecular formula is C29H30Cl2N8O3. The van der Waals surface area contributed by atoms with Crippen molar-refractivity contribution >= 4 is 41.0 Å². The van der Waals surface area contributed by atoms with Crippen molar-refractivity contribution in [3.05, 3.63) is 97.4 Å². The van der Waals surface area contributed by atoms with Gasteiger partial charge < -0.3 is 20.1 Å². The smallest absolute Gasteiger partial charge is 0.263 e. The van der Waals surface area contributed by atoms with Crippen LogP contribution in [0.25, 0.3) is 5.69 Å². The second kappa shape index (κ2) is 11.9. The van der Waals surface area contributed by atoms with Crippen molar-refractivity contribution in [1.82, 2.24) is 34.5 Å². The molecular weight excluding hydrogens is 579 g/mol. The van der Waals surface area contributed by atoms with Crippen molar-refractivity contribution < 1.29 is 9.59 Å². The van der Waals surface area contributed by atoms with Gasteiger partial charge in [-0.3, -0.25) is 14.4 Å². The number of carbonyl (C=O) groups excluding carboxylic acids is 2. The molecule has 3 heterocycles. The molecule has 218 valence electrons. The van der Waals surface area contributed by atoms with Gasteiger partial charge in [0.2, 0.25) is 5.95 Å². The van der Waals surface area contributed by atoms with Crippen LogP contribution in [0.5, 0.6) is 0 Å². The number of carbonyl (C=O) groups is 2. The van der Waals surface area contributed by atoms with Crippen LogP contribution in [0, 0.1) is 0 Å². The van der Waals surface area contributed by atoms with E-state index < -0.39 is 0 Å². The zero-order valence-corrected chi connectivity index (χ0v) is 25.1. The molecule has 0 aliphatic carbocycles. The predicted molar refractivity (Wildman–Crippen MR) is 161 cm³/mol. The van der Waals surface area contributed by atoms with Crippen LogP contribution >= 0.6 is 23.2 Å². The van der Waals surface area contributed by atoms with Crippen molar-refractivity contribution in [2.24, 2.45) is 7.05 Å². The third kappa shape index (κ3) is 5.62. The van der Waals surface area contributed by atoms with Crippen LogP contribution in [-0.4, -0.2) is 60.7 Å². The summed E-state index contributed by atoms with van der Waals surface area (Å²) in [6.07, 6.45) is 1.95. The number of aryl methyl sites for hydroxylation is 1. The Hall–Kier alpha value is -4.22. The number of halogens is 2. The van der Waals surface area contributed by atoms with Gasteiger partial charge in [0, 0.05) is 49.3 Å². The normalized spacial score (nSPS) is 15.2. The van der Waals surface area contributed by atoms with Gasteiger partial charge in [-0.1, -0.05) is 30.1 Å². The molecule has 0 bridgehead atoms. The molecule has 5 rings (SSSR count). The number of fused-ring (bicyclic) bond motifs is 1. The lowest BCUT2D eigenvalue weighted by Gasteiger charge is -2.34. The average molecular weight is 610 g/mol. The molecule has 0 saturated carbocycles. The minimum atomic E-state index is -0.271. The Kier molecular flexibility index (Phi) is 8.33. The number of aromatic nitrogens is 5. The van der Waals surface area contributed by atoms with E-state index in [0.717, 1.165) is 5.82 Å². The first-order valence-electron chi connectivity index (χ1n) is 13.4. The Balaban J connectivity index is 1.53. The van der Waals surface area contributed by atoms with Crippen LogP contribution in [0.15, 0.2) is 53.6 Å². The first-order chi connectivity index (χ1) is 20.1. The lowest BCUT2D eigenvalue weighted by molar-refractivity contribution is 0.0653. The van der Waals surface area contributed by atoms with Gasteiger partial charge in [0.05, 0.1) is 28.0 Å². The van der Waals surface area contributed by atoms with Gasteiger partial charge in [-0.15, -0.1) is 10.2 Å². The van der Waals surface area contributed by atoms with Gasteiger partial charge in [-0.2, -0.15) is 0 Å². The maximum absolute atomic E-state index is 14.1. The van der Waals surface area contributed by atoms with Crippen molar-refractivity contribution in [1.29, 1.82) is 0 Å².